The summed E-state index contributed by atoms with van der Waals surface area (Å²) in [6.07, 6.45) is 1.85. The second kappa shape index (κ2) is 9.24. The Balaban J connectivity index is 1.63. The summed E-state index contributed by atoms with van der Waals surface area (Å²) in [6, 6.07) is 22.3. The van der Waals surface area contributed by atoms with E-state index in [1.54, 1.807) is 29.6 Å². The number of hydrogen-bond donors (Lipinski definition) is 0. The normalized spacial score (nSPS) is 12.4. The Kier molecular flexibility index (Phi) is 6.20. The zero-order valence-electron chi connectivity index (χ0n) is 16.9. The maximum atomic E-state index is 6.60. The highest BCUT2D eigenvalue weighted by molar-refractivity contribution is 7.99. The summed E-state index contributed by atoms with van der Waals surface area (Å²) < 4.78 is 2.01. The summed E-state index contributed by atoms with van der Waals surface area (Å²) in [7, 11) is 0. The molecule has 0 atom stereocenters. The molecule has 1 aliphatic heterocycles. The van der Waals surface area contributed by atoms with Gasteiger partial charge < -0.3 is 4.90 Å². The van der Waals surface area contributed by atoms with Crippen LogP contribution in [0.2, 0.25) is 10.0 Å². The molecule has 8 heteroatoms. The molecule has 160 valence electrons. The van der Waals surface area contributed by atoms with Gasteiger partial charge in [0.2, 0.25) is 0 Å². The van der Waals surface area contributed by atoms with Gasteiger partial charge in [-0.15, -0.1) is 16.8 Å². The van der Waals surface area contributed by atoms with Gasteiger partial charge in [0.1, 0.15) is 0 Å². The van der Waals surface area contributed by atoms with Crippen molar-refractivity contribution in [2.75, 3.05) is 10.7 Å². The Bertz CT molecular complexity index is 1260. The van der Waals surface area contributed by atoms with E-state index in [1.165, 1.54) is 9.79 Å². The van der Waals surface area contributed by atoms with Crippen molar-refractivity contribution in [3.8, 4) is 5.69 Å². The Hall–Kier alpha value is -2.38. The van der Waals surface area contributed by atoms with E-state index in [2.05, 4.69) is 70.2 Å². The molecule has 0 spiro atoms. The van der Waals surface area contributed by atoms with Crippen LogP contribution in [0.1, 0.15) is 5.82 Å². The van der Waals surface area contributed by atoms with E-state index in [0.717, 1.165) is 33.8 Å². The predicted octanol–water partition coefficient (Wildman–Crippen LogP) is 7.66. The highest BCUT2D eigenvalue weighted by Crippen LogP contribution is 2.48. The van der Waals surface area contributed by atoms with Crippen molar-refractivity contribution in [2.24, 2.45) is 0 Å². The summed E-state index contributed by atoms with van der Waals surface area (Å²) in [6.45, 7) is 4.36. The Morgan fingerprint density at radius 2 is 1.59 bits per heavy atom. The molecule has 2 heterocycles. The van der Waals surface area contributed by atoms with E-state index in [0.29, 0.717) is 16.6 Å². The van der Waals surface area contributed by atoms with E-state index >= 15 is 0 Å². The first kappa shape index (κ1) is 21.5. The fraction of sp³-hybridized carbons (Fsp3) is 0.0833. The van der Waals surface area contributed by atoms with Crippen LogP contribution in [0.25, 0.3) is 5.69 Å². The van der Waals surface area contributed by atoms with E-state index in [4.69, 9.17) is 23.2 Å². The van der Waals surface area contributed by atoms with Crippen molar-refractivity contribution in [2.45, 2.75) is 21.5 Å². The minimum absolute atomic E-state index is 0.537. The van der Waals surface area contributed by atoms with Gasteiger partial charge >= 0.3 is 0 Å². The lowest BCUT2D eigenvalue weighted by Gasteiger charge is -2.32. The van der Waals surface area contributed by atoms with Crippen LogP contribution in [0.4, 0.5) is 11.4 Å². The van der Waals surface area contributed by atoms with Crippen molar-refractivity contribution in [1.29, 1.82) is 0 Å². The Morgan fingerprint density at radius 1 is 0.906 bits per heavy atom. The number of benzene rings is 3. The number of aromatic nitrogens is 3. The van der Waals surface area contributed by atoms with E-state index in [9.17, 15) is 0 Å². The second-order valence-electron chi connectivity index (χ2n) is 7.05. The molecule has 4 aromatic rings. The van der Waals surface area contributed by atoms with Gasteiger partial charge in [0.15, 0.2) is 11.0 Å². The highest BCUT2D eigenvalue weighted by atomic mass is 35.5. The third kappa shape index (κ3) is 4.04. The molecule has 32 heavy (non-hydrogen) atoms. The maximum absolute atomic E-state index is 6.60. The zero-order valence-corrected chi connectivity index (χ0v) is 20.1. The van der Waals surface area contributed by atoms with Crippen LogP contribution in [0, 0.1) is 0 Å². The number of anilines is 2. The van der Waals surface area contributed by atoms with Gasteiger partial charge in [-0.25, -0.2) is 0 Å². The molecule has 5 rings (SSSR count). The molecule has 4 nitrogen and oxygen atoms in total. The van der Waals surface area contributed by atoms with Gasteiger partial charge in [-0.1, -0.05) is 77.1 Å². The average molecular weight is 497 g/mol. The van der Waals surface area contributed by atoms with Crippen LogP contribution in [0.15, 0.2) is 94.3 Å². The van der Waals surface area contributed by atoms with Crippen LogP contribution in [0.3, 0.4) is 0 Å². The molecule has 0 saturated carbocycles. The quantitative estimate of drug-likeness (QED) is 0.202. The fourth-order valence-electron chi connectivity index (χ4n) is 3.63. The predicted molar refractivity (Wildman–Crippen MR) is 135 cm³/mol. The molecule has 0 amide bonds. The molecule has 1 aromatic heterocycles. The SMILES string of the molecule is C=CCSc1nnc(CN2c3ccccc3Sc3ccccc32)n1-c1ccc(Cl)cc1Cl. The van der Waals surface area contributed by atoms with Gasteiger partial charge in [0, 0.05) is 20.6 Å². The number of halogens is 2. The van der Waals surface area contributed by atoms with E-state index in [1.807, 2.05) is 22.8 Å². The van der Waals surface area contributed by atoms with Crippen LogP contribution in [-0.2, 0) is 6.54 Å². The van der Waals surface area contributed by atoms with E-state index < -0.39 is 0 Å². The molecule has 1 aliphatic rings. The van der Waals surface area contributed by atoms with Gasteiger partial charge in [0.05, 0.1) is 28.6 Å². The molecule has 0 unspecified atom stereocenters. The molecule has 0 radical (unpaired) electrons. The first-order valence-electron chi connectivity index (χ1n) is 9.92. The molecule has 0 N–H and O–H groups in total. The number of thioether (sulfide) groups is 1. The Labute approximate surface area is 205 Å². The number of fused-ring (bicyclic) bond motifs is 2. The molecule has 0 aliphatic carbocycles. The van der Waals surface area contributed by atoms with Crippen LogP contribution in [0.5, 0.6) is 0 Å². The molecular formula is C24H18Cl2N4S2. The summed E-state index contributed by atoms with van der Waals surface area (Å²) in [5, 5.41) is 10.9. The molecule has 0 saturated heterocycles. The Morgan fingerprint density at radius 3 is 2.25 bits per heavy atom. The lowest BCUT2D eigenvalue weighted by Crippen LogP contribution is -2.22. The van der Waals surface area contributed by atoms with Crippen molar-refractivity contribution in [1.82, 2.24) is 14.8 Å². The third-order valence-corrected chi connectivity index (χ3v) is 7.61. The largest absolute Gasteiger partial charge is 0.332 e. The molecule has 0 fully saturated rings. The van der Waals surface area contributed by atoms with Crippen LogP contribution in [-0.4, -0.2) is 20.5 Å². The summed E-state index contributed by atoms with van der Waals surface area (Å²) in [4.78, 5) is 4.71. The first-order valence-corrected chi connectivity index (χ1v) is 12.5. The van der Waals surface area contributed by atoms with Crippen molar-refractivity contribution >= 4 is 58.1 Å². The number of nitrogens with zero attached hydrogens (tertiary/aromatic N) is 4. The van der Waals surface area contributed by atoms with Gasteiger partial charge in [0.25, 0.3) is 0 Å². The van der Waals surface area contributed by atoms with Crippen LogP contribution >= 0.6 is 46.7 Å². The monoisotopic (exact) mass is 496 g/mol. The van der Waals surface area contributed by atoms with Gasteiger partial charge in [-0.05, 0) is 42.5 Å². The molecule has 0 bridgehead atoms. The van der Waals surface area contributed by atoms with Crippen molar-refractivity contribution in [3.63, 3.8) is 0 Å². The zero-order chi connectivity index (χ0) is 22.1. The number of hydrogen-bond acceptors (Lipinski definition) is 5. The fourth-order valence-corrected chi connectivity index (χ4v) is 5.91. The smallest absolute Gasteiger partial charge is 0.196 e. The van der Waals surface area contributed by atoms with Gasteiger partial charge in [-0.2, -0.15) is 0 Å². The maximum Gasteiger partial charge on any atom is 0.196 e. The molecule has 3 aromatic carbocycles. The summed E-state index contributed by atoms with van der Waals surface area (Å²) >= 11 is 16.1. The second-order valence-corrected chi connectivity index (χ2v) is 9.97. The lowest BCUT2D eigenvalue weighted by molar-refractivity contribution is 0.797. The van der Waals surface area contributed by atoms with Crippen molar-refractivity contribution < 1.29 is 0 Å². The third-order valence-electron chi connectivity index (χ3n) is 5.01. The molecular weight excluding hydrogens is 479 g/mol. The number of rotatable bonds is 6. The highest BCUT2D eigenvalue weighted by Gasteiger charge is 2.26. The standard InChI is InChI=1S/C24H18Cl2N4S2/c1-2-13-31-24-28-27-23(30(24)18-12-11-16(25)14-17(18)26)15-29-19-7-3-5-9-21(19)32-22-10-6-4-8-20(22)29/h2-12,14H,1,13,15H2. The minimum Gasteiger partial charge on any atom is -0.332 e. The van der Waals surface area contributed by atoms with E-state index in [-0.39, 0.29) is 0 Å². The number of para-hydroxylation sites is 2. The summed E-state index contributed by atoms with van der Waals surface area (Å²) in [5.41, 5.74) is 3.09. The van der Waals surface area contributed by atoms with Gasteiger partial charge in [-0.3, -0.25) is 4.57 Å². The van der Waals surface area contributed by atoms with Crippen molar-refractivity contribution in [3.05, 3.63) is 95.3 Å². The average Bonchev–Trinajstić information content (AvgIpc) is 3.19. The topological polar surface area (TPSA) is 34.0 Å². The summed E-state index contributed by atoms with van der Waals surface area (Å²) in [5.74, 6) is 1.51. The first-order chi connectivity index (χ1) is 15.7. The van der Waals surface area contributed by atoms with Crippen LogP contribution < -0.4 is 4.90 Å². The minimum atomic E-state index is 0.537. The lowest BCUT2D eigenvalue weighted by atomic mass is 10.2.